The predicted molar refractivity (Wildman–Crippen MR) is 106 cm³/mol. The molecule has 1 saturated heterocycles. The zero-order chi connectivity index (χ0) is 18.7. The van der Waals surface area contributed by atoms with E-state index in [1.807, 2.05) is 36.4 Å². The highest BCUT2D eigenvalue weighted by Crippen LogP contribution is 2.31. The van der Waals surface area contributed by atoms with Gasteiger partial charge in [-0.05, 0) is 24.1 Å². The first-order chi connectivity index (χ1) is 13.2. The summed E-state index contributed by atoms with van der Waals surface area (Å²) in [7, 11) is 1.61. The minimum atomic E-state index is -0.761. The minimum Gasteiger partial charge on any atom is -0.481 e. The highest BCUT2D eigenvalue weighted by atomic mass is 16.5. The second kappa shape index (κ2) is 7.50. The number of hydrogen-bond acceptors (Lipinski definition) is 6. The Morgan fingerprint density at radius 3 is 2.85 bits per heavy atom. The smallest absolute Gasteiger partial charge is 0.213 e. The van der Waals surface area contributed by atoms with Crippen molar-refractivity contribution in [3.8, 4) is 5.88 Å². The number of nitrogens with one attached hydrogen (secondary N) is 1. The van der Waals surface area contributed by atoms with E-state index < -0.39 is 5.60 Å². The normalized spacial score (nSPS) is 19.6. The fourth-order valence-corrected chi connectivity index (χ4v) is 3.60. The van der Waals surface area contributed by atoms with Crippen LogP contribution in [0.1, 0.15) is 12.0 Å². The molecule has 3 aromatic rings. The summed E-state index contributed by atoms with van der Waals surface area (Å²) in [5, 5.41) is 14.4. The molecule has 1 aromatic carbocycles. The molecule has 0 unspecified atom stereocenters. The molecule has 0 aliphatic carbocycles. The molecule has 2 N–H and O–H groups in total. The molecule has 0 bridgehead atoms. The van der Waals surface area contributed by atoms with Crippen LogP contribution in [-0.2, 0) is 6.54 Å². The van der Waals surface area contributed by atoms with Gasteiger partial charge in [-0.2, -0.15) is 0 Å². The first-order valence-electron chi connectivity index (χ1n) is 9.19. The van der Waals surface area contributed by atoms with Gasteiger partial charge in [-0.15, -0.1) is 0 Å². The fraction of sp³-hybridized carbons (Fsp3) is 0.333. The molecular weight excluding hydrogens is 340 g/mol. The average Bonchev–Trinajstić information content (AvgIpc) is 3.10. The molecule has 1 aliphatic heterocycles. The van der Waals surface area contributed by atoms with Crippen LogP contribution < -0.4 is 15.0 Å². The zero-order valence-electron chi connectivity index (χ0n) is 15.4. The largest absolute Gasteiger partial charge is 0.481 e. The molecule has 4 rings (SSSR count). The number of rotatable bonds is 6. The Morgan fingerprint density at radius 1 is 1.19 bits per heavy atom. The molecule has 140 valence electrons. The predicted octanol–water partition coefficient (Wildman–Crippen LogP) is 2.37. The molecule has 0 amide bonds. The standard InChI is InChI=1S/C21H24N4O2/c1-27-19-8-7-17-20(24-19)18(9-11-23-17)25-12-10-21(26,15-25)14-22-13-16-5-3-2-4-6-16/h2-9,11,22,26H,10,12-15H2,1H3/t21-/m0/s1. The summed E-state index contributed by atoms with van der Waals surface area (Å²) in [5.41, 5.74) is 3.07. The lowest BCUT2D eigenvalue weighted by Crippen LogP contribution is -2.42. The molecule has 3 heterocycles. The van der Waals surface area contributed by atoms with Crippen molar-refractivity contribution in [3.05, 3.63) is 60.3 Å². The zero-order valence-corrected chi connectivity index (χ0v) is 15.4. The van der Waals surface area contributed by atoms with Crippen molar-refractivity contribution in [3.63, 3.8) is 0 Å². The molecule has 27 heavy (non-hydrogen) atoms. The molecule has 1 atom stereocenters. The third-order valence-corrected chi connectivity index (χ3v) is 5.05. The van der Waals surface area contributed by atoms with Gasteiger partial charge < -0.3 is 20.1 Å². The Labute approximate surface area is 158 Å². The van der Waals surface area contributed by atoms with Gasteiger partial charge >= 0.3 is 0 Å². The summed E-state index contributed by atoms with van der Waals surface area (Å²) >= 11 is 0. The summed E-state index contributed by atoms with van der Waals surface area (Å²) < 4.78 is 5.26. The Hall–Kier alpha value is -2.70. The lowest BCUT2D eigenvalue weighted by Gasteiger charge is -2.25. The summed E-state index contributed by atoms with van der Waals surface area (Å²) in [6, 6.07) is 15.9. The monoisotopic (exact) mass is 364 g/mol. The van der Waals surface area contributed by atoms with Crippen LogP contribution in [0.5, 0.6) is 5.88 Å². The summed E-state index contributed by atoms with van der Waals surface area (Å²) in [5.74, 6) is 0.565. The van der Waals surface area contributed by atoms with Gasteiger partial charge in [0, 0.05) is 38.4 Å². The van der Waals surface area contributed by atoms with E-state index in [-0.39, 0.29) is 0 Å². The van der Waals surface area contributed by atoms with Crippen molar-refractivity contribution in [2.24, 2.45) is 0 Å². The van der Waals surface area contributed by atoms with E-state index in [4.69, 9.17) is 4.74 Å². The number of benzene rings is 1. The lowest BCUT2D eigenvalue weighted by molar-refractivity contribution is 0.0627. The van der Waals surface area contributed by atoms with Gasteiger partial charge in [0.2, 0.25) is 5.88 Å². The van der Waals surface area contributed by atoms with Gasteiger partial charge in [0.25, 0.3) is 0 Å². The number of anilines is 1. The maximum atomic E-state index is 11.0. The molecule has 1 aliphatic rings. The van der Waals surface area contributed by atoms with Crippen LogP contribution in [0.2, 0.25) is 0 Å². The fourth-order valence-electron chi connectivity index (χ4n) is 3.60. The number of fused-ring (bicyclic) bond motifs is 1. The van der Waals surface area contributed by atoms with Crippen molar-refractivity contribution in [2.75, 3.05) is 31.6 Å². The maximum Gasteiger partial charge on any atom is 0.213 e. The van der Waals surface area contributed by atoms with Gasteiger partial charge in [0.15, 0.2) is 0 Å². The van der Waals surface area contributed by atoms with Crippen LogP contribution in [0.15, 0.2) is 54.7 Å². The summed E-state index contributed by atoms with van der Waals surface area (Å²) in [6.45, 7) is 2.65. The Morgan fingerprint density at radius 2 is 2.04 bits per heavy atom. The van der Waals surface area contributed by atoms with E-state index in [0.717, 1.165) is 29.8 Å². The van der Waals surface area contributed by atoms with Crippen molar-refractivity contribution < 1.29 is 9.84 Å². The molecular formula is C21H24N4O2. The number of pyridine rings is 2. The van der Waals surface area contributed by atoms with Crippen molar-refractivity contribution >= 4 is 16.7 Å². The highest BCUT2D eigenvalue weighted by Gasteiger charge is 2.36. The number of aromatic nitrogens is 2. The average molecular weight is 364 g/mol. The van der Waals surface area contributed by atoms with Crippen molar-refractivity contribution in [1.29, 1.82) is 0 Å². The van der Waals surface area contributed by atoms with Gasteiger partial charge in [-0.1, -0.05) is 30.3 Å². The molecule has 6 heteroatoms. The molecule has 0 saturated carbocycles. The topological polar surface area (TPSA) is 70.5 Å². The molecule has 2 aromatic heterocycles. The number of methoxy groups -OCH3 is 1. The minimum absolute atomic E-state index is 0.554. The maximum absolute atomic E-state index is 11.0. The first kappa shape index (κ1) is 17.7. The van der Waals surface area contributed by atoms with Crippen LogP contribution in [0.25, 0.3) is 11.0 Å². The molecule has 1 fully saturated rings. The highest BCUT2D eigenvalue weighted by molar-refractivity contribution is 5.88. The second-order valence-corrected chi connectivity index (χ2v) is 7.04. The quantitative estimate of drug-likeness (QED) is 0.700. The Balaban J connectivity index is 1.46. The number of aliphatic hydroxyl groups is 1. The van der Waals surface area contributed by atoms with Gasteiger partial charge in [0.05, 0.1) is 23.9 Å². The van der Waals surface area contributed by atoms with Crippen LogP contribution in [0.4, 0.5) is 5.69 Å². The van der Waals surface area contributed by atoms with Gasteiger partial charge in [0.1, 0.15) is 5.52 Å². The van der Waals surface area contributed by atoms with Crippen LogP contribution >= 0.6 is 0 Å². The van der Waals surface area contributed by atoms with Crippen LogP contribution in [0.3, 0.4) is 0 Å². The van der Waals surface area contributed by atoms with E-state index >= 15 is 0 Å². The van der Waals surface area contributed by atoms with E-state index in [0.29, 0.717) is 25.4 Å². The number of ether oxygens (including phenoxy) is 1. The molecule has 6 nitrogen and oxygen atoms in total. The van der Waals surface area contributed by atoms with Crippen LogP contribution in [-0.4, -0.2) is 47.4 Å². The lowest BCUT2D eigenvalue weighted by atomic mass is 10.0. The van der Waals surface area contributed by atoms with Crippen LogP contribution in [0, 0.1) is 0 Å². The SMILES string of the molecule is COc1ccc2nccc(N3CC[C@](O)(CNCc4ccccc4)C3)c2n1. The van der Waals surface area contributed by atoms with E-state index in [9.17, 15) is 5.11 Å². The Kier molecular flexibility index (Phi) is 4.92. The van der Waals surface area contributed by atoms with Gasteiger partial charge in [-0.3, -0.25) is 4.98 Å². The molecule has 0 radical (unpaired) electrons. The number of hydrogen-bond donors (Lipinski definition) is 2. The Bertz CT molecular complexity index is 918. The summed E-state index contributed by atoms with van der Waals surface area (Å²) in [6.07, 6.45) is 2.50. The first-order valence-corrected chi connectivity index (χ1v) is 9.19. The third kappa shape index (κ3) is 3.86. The number of β-amino-alcohol motifs (C(OH)–C–C–N with tert-alkyl or cyclic N) is 1. The van der Waals surface area contributed by atoms with E-state index in [1.54, 1.807) is 13.3 Å². The number of nitrogens with zero attached hydrogens (tertiary/aromatic N) is 3. The molecule has 0 spiro atoms. The van der Waals surface area contributed by atoms with Crippen molar-refractivity contribution in [2.45, 2.75) is 18.6 Å². The third-order valence-electron chi connectivity index (χ3n) is 5.05. The van der Waals surface area contributed by atoms with E-state index in [1.165, 1.54) is 5.56 Å². The van der Waals surface area contributed by atoms with E-state index in [2.05, 4.69) is 32.3 Å². The van der Waals surface area contributed by atoms with Crippen molar-refractivity contribution in [1.82, 2.24) is 15.3 Å². The van der Waals surface area contributed by atoms with Gasteiger partial charge in [-0.25, -0.2) is 4.98 Å². The second-order valence-electron chi connectivity index (χ2n) is 7.04. The summed E-state index contributed by atoms with van der Waals surface area (Å²) in [4.78, 5) is 11.1.